The summed E-state index contributed by atoms with van der Waals surface area (Å²) in [6.45, 7) is 2.76. The van der Waals surface area contributed by atoms with Gasteiger partial charge in [-0.25, -0.2) is 9.59 Å². The van der Waals surface area contributed by atoms with Gasteiger partial charge in [0.15, 0.2) is 6.10 Å². The Morgan fingerprint density at radius 3 is 2.79 bits per heavy atom. The Morgan fingerprint density at radius 2 is 2.26 bits per heavy atom. The Morgan fingerprint density at radius 1 is 1.53 bits per heavy atom. The highest BCUT2D eigenvalue weighted by Crippen LogP contribution is 2.05. The lowest BCUT2D eigenvalue weighted by molar-refractivity contribution is -0.146. The molecule has 0 saturated carbocycles. The molecule has 1 aromatic rings. The average molecular weight is 270 g/mol. The van der Waals surface area contributed by atoms with Crippen molar-refractivity contribution in [3.8, 4) is 0 Å². The van der Waals surface area contributed by atoms with Gasteiger partial charge in [-0.2, -0.15) is 0 Å². The van der Waals surface area contributed by atoms with Crippen LogP contribution in [-0.4, -0.2) is 46.3 Å². The van der Waals surface area contributed by atoms with Gasteiger partial charge in [-0.1, -0.05) is 0 Å². The number of nitrogens with zero attached hydrogens (tertiary/aromatic N) is 1. The predicted molar refractivity (Wildman–Crippen MR) is 66.5 cm³/mol. The van der Waals surface area contributed by atoms with Crippen molar-refractivity contribution in [3.63, 3.8) is 0 Å². The van der Waals surface area contributed by atoms with E-state index in [2.05, 4.69) is 5.32 Å². The Labute approximate surface area is 110 Å². The van der Waals surface area contributed by atoms with Gasteiger partial charge in [-0.3, -0.25) is 0 Å². The normalized spacial score (nSPS) is 11.9. The summed E-state index contributed by atoms with van der Waals surface area (Å²) in [4.78, 5) is 23.7. The van der Waals surface area contributed by atoms with Crippen molar-refractivity contribution in [2.45, 2.75) is 26.0 Å². The molecular weight excluding hydrogens is 252 g/mol. The number of urea groups is 1. The monoisotopic (exact) mass is 270 g/mol. The summed E-state index contributed by atoms with van der Waals surface area (Å²) in [7, 11) is 0. The van der Waals surface area contributed by atoms with E-state index in [1.54, 1.807) is 12.1 Å². The minimum atomic E-state index is -1.46. The molecule has 106 valence electrons. The quantitative estimate of drug-likeness (QED) is 0.675. The molecule has 0 bridgehead atoms. The van der Waals surface area contributed by atoms with Gasteiger partial charge in [-0.15, -0.1) is 0 Å². The van der Waals surface area contributed by atoms with Gasteiger partial charge in [0.1, 0.15) is 5.76 Å². The molecule has 0 fully saturated rings. The van der Waals surface area contributed by atoms with Gasteiger partial charge in [0.2, 0.25) is 0 Å². The molecule has 7 heteroatoms. The number of aliphatic carboxylic acids is 1. The zero-order valence-electron chi connectivity index (χ0n) is 10.7. The lowest BCUT2D eigenvalue weighted by Crippen LogP contribution is -2.40. The van der Waals surface area contributed by atoms with Gasteiger partial charge < -0.3 is 24.8 Å². The number of furan rings is 1. The Hall–Kier alpha value is -2.02. The van der Waals surface area contributed by atoms with Crippen molar-refractivity contribution >= 4 is 12.0 Å². The fourth-order valence-corrected chi connectivity index (χ4v) is 1.47. The van der Waals surface area contributed by atoms with E-state index >= 15 is 0 Å². The van der Waals surface area contributed by atoms with Crippen molar-refractivity contribution < 1.29 is 24.2 Å². The number of aliphatic hydroxyl groups is 1. The molecular formula is C12H18N2O5. The average Bonchev–Trinajstić information content (AvgIpc) is 2.88. The summed E-state index contributed by atoms with van der Waals surface area (Å²) >= 11 is 0. The number of nitrogens with one attached hydrogen (secondary N) is 1. The maximum absolute atomic E-state index is 11.8. The summed E-state index contributed by atoms with van der Waals surface area (Å²) in [5.41, 5.74) is 0. The highest BCUT2D eigenvalue weighted by molar-refractivity contribution is 5.74. The number of amides is 2. The Balaban J connectivity index is 2.35. The van der Waals surface area contributed by atoms with Crippen LogP contribution in [0.25, 0.3) is 0 Å². The molecule has 1 rings (SSSR count). The molecule has 2 amide bonds. The Kier molecular flexibility index (Phi) is 5.87. The lowest BCUT2D eigenvalue weighted by atomic mass is 10.2. The number of carbonyl (C=O) groups is 2. The minimum Gasteiger partial charge on any atom is -0.479 e. The van der Waals surface area contributed by atoms with Gasteiger partial charge in [0, 0.05) is 19.5 Å². The molecule has 0 aliphatic heterocycles. The number of hydrogen-bond donors (Lipinski definition) is 3. The lowest BCUT2D eigenvalue weighted by Gasteiger charge is -2.20. The summed E-state index contributed by atoms with van der Waals surface area (Å²) < 4.78 is 5.15. The number of rotatable bonds is 7. The van der Waals surface area contributed by atoms with Gasteiger partial charge >= 0.3 is 12.0 Å². The number of aliphatic hydroxyl groups excluding tert-OH is 1. The van der Waals surface area contributed by atoms with E-state index < -0.39 is 12.1 Å². The van der Waals surface area contributed by atoms with E-state index in [-0.39, 0.29) is 19.0 Å². The largest absolute Gasteiger partial charge is 0.479 e. The van der Waals surface area contributed by atoms with E-state index in [0.717, 1.165) is 0 Å². The second-order valence-electron chi connectivity index (χ2n) is 3.97. The van der Waals surface area contributed by atoms with Crippen LogP contribution in [-0.2, 0) is 11.3 Å². The third kappa shape index (κ3) is 5.01. The van der Waals surface area contributed by atoms with Crippen LogP contribution in [0.4, 0.5) is 4.79 Å². The zero-order valence-corrected chi connectivity index (χ0v) is 10.7. The second kappa shape index (κ2) is 7.42. The molecule has 1 heterocycles. The molecule has 0 aliphatic carbocycles. The van der Waals surface area contributed by atoms with Crippen molar-refractivity contribution in [2.75, 3.05) is 13.1 Å². The van der Waals surface area contributed by atoms with Crippen LogP contribution in [0.3, 0.4) is 0 Å². The second-order valence-corrected chi connectivity index (χ2v) is 3.97. The van der Waals surface area contributed by atoms with Crippen LogP contribution >= 0.6 is 0 Å². The van der Waals surface area contributed by atoms with E-state index in [4.69, 9.17) is 14.6 Å². The molecule has 0 aromatic carbocycles. The molecule has 0 saturated heterocycles. The minimum absolute atomic E-state index is 0.0284. The standard InChI is InChI=1S/C12H18N2O5/c1-2-14(8-9-4-3-7-19-9)12(18)13-6-5-10(15)11(16)17/h3-4,7,10,15H,2,5-6,8H2,1H3,(H,13,18)(H,16,17). The maximum atomic E-state index is 11.8. The molecule has 1 atom stereocenters. The predicted octanol–water partition coefficient (Wildman–Crippen LogP) is 0.647. The fourth-order valence-electron chi connectivity index (χ4n) is 1.47. The first-order chi connectivity index (χ1) is 9.04. The van der Waals surface area contributed by atoms with Crippen LogP contribution < -0.4 is 5.32 Å². The van der Waals surface area contributed by atoms with Crippen LogP contribution in [0.5, 0.6) is 0 Å². The van der Waals surface area contributed by atoms with Crippen molar-refractivity contribution in [1.29, 1.82) is 0 Å². The first kappa shape index (κ1) is 15.0. The van der Waals surface area contributed by atoms with Crippen molar-refractivity contribution in [3.05, 3.63) is 24.2 Å². The Bertz CT molecular complexity index is 404. The van der Waals surface area contributed by atoms with Crippen molar-refractivity contribution in [2.24, 2.45) is 0 Å². The molecule has 0 spiro atoms. The highest BCUT2D eigenvalue weighted by Gasteiger charge is 2.16. The number of carbonyl (C=O) groups excluding carboxylic acids is 1. The number of carboxylic acids is 1. The molecule has 1 aromatic heterocycles. The smallest absolute Gasteiger partial charge is 0.332 e. The summed E-state index contributed by atoms with van der Waals surface area (Å²) in [5, 5.41) is 20.1. The molecule has 1 unspecified atom stereocenters. The van der Waals surface area contributed by atoms with Gasteiger partial charge in [-0.05, 0) is 19.1 Å². The first-order valence-corrected chi connectivity index (χ1v) is 6.00. The number of hydrogen-bond acceptors (Lipinski definition) is 4. The van der Waals surface area contributed by atoms with E-state index in [9.17, 15) is 9.59 Å². The SMILES string of the molecule is CCN(Cc1ccco1)C(=O)NCCC(O)C(=O)O. The van der Waals surface area contributed by atoms with Crippen LogP contribution in [0, 0.1) is 0 Å². The van der Waals surface area contributed by atoms with E-state index in [1.807, 2.05) is 6.92 Å². The maximum Gasteiger partial charge on any atom is 0.332 e. The highest BCUT2D eigenvalue weighted by atomic mass is 16.4. The summed E-state index contributed by atoms with van der Waals surface area (Å²) in [6.07, 6.45) is 0.0457. The van der Waals surface area contributed by atoms with Crippen LogP contribution in [0.1, 0.15) is 19.1 Å². The molecule has 3 N–H and O–H groups in total. The first-order valence-electron chi connectivity index (χ1n) is 6.00. The van der Waals surface area contributed by atoms with Crippen LogP contribution in [0.2, 0.25) is 0 Å². The molecule has 0 aliphatic rings. The fraction of sp³-hybridized carbons (Fsp3) is 0.500. The van der Waals surface area contributed by atoms with Gasteiger partial charge in [0.05, 0.1) is 12.8 Å². The number of carboxylic acid groups (broad SMARTS) is 1. The zero-order chi connectivity index (χ0) is 14.3. The topological polar surface area (TPSA) is 103 Å². The summed E-state index contributed by atoms with van der Waals surface area (Å²) in [5.74, 6) is -0.625. The molecule has 7 nitrogen and oxygen atoms in total. The molecule has 19 heavy (non-hydrogen) atoms. The third-order valence-electron chi connectivity index (χ3n) is 2.57. The third-order valence-corrected chi connectivity index (χ3v) is 2.57. The molecule has 0 radical (unpaired) electrons. The van der Waals surface area contributed by atoms with Gasteiger partial charge in [0.25, 0.3) is 0 Å². The van der Waals surface area contributed by atoms with Crippen molar-refractivity contribution in [1.82, 2.24) is 10.2 Å². The van der Waals surface area contributed by atoms with Crippen LogP contribution in [0.15, 0.2) is 22.8 Å². The van der Waals surface area contributed by atoms with E-state index in [1.165, 1.54) is 11.2 Å². The van der Waals surface area contributed by atoms with E-state index in [0.29, 0.717) is 18.8 Å². The summed E-state index contributed by atoms with van der Waals surface area (Å²) in [6, 6.07) is 3.19.